The van der Waals surface area contributed by atoms with Gasteiger partial charge in [-0.05, 0) is 36.6 Å². The molecule has 0 aliphatic carbocycles. The molecule has 0 atom stereocenters. The number of aromatic nitrogens is 2. The number of ketones is 1. The molecule has 3 nitrogen and oxygen atoms in total. The van der Waals surface area contributed by atoms with Crippen molar-refractivity contribution >= 4 is 27.2 Å². The van der Waals surface area contributed by atoms with E-state index in [2.05, 4.69) is 5.10 Å². The zero-order chi connectivity index (χ0) is 13.4. The third-order valence-electron chi connectivity index (χ3n) is 2.95. The number of rotatable bonds is 3. The highest BCUT2D eigenvalue weighted by Crippen LogP contribution is 2.28. The number of carbonyl (C=O) groups excluding carboxylic acids is 1. The van der Waals surface area contributed by atoms with E-state index in [1.54, 1.807) is 29.1 Å². The predicted molar refractivity (Wildman–Crippen MR) is 73.1 cm³/mol. The molecule has 0 aliphatic rings. The van der Waals surface area contributed by atoms with Gasteiger partial charge in [0.25, 0.3) is 0 Å². The first-order chi connectivity index (χ1) is 9.19. The van der Waals surface area contributed by atoms with Crippen LogP contribution in [0.15, 0.2) is 36.5 Å². The van der Waals surface area contributed by atoms with Crippen molar-refractivity contribution < 1.29 is 9.18 Å². The maximum Gasteiger partial charge on any atom is 0.220 e. The number of aryl methyl sites for hydroxylation is 1. The number of thiophene rings is 1. The van der Waals surface area contributed by atoms with E-state index in [1.165, 1.54) is 23.5 Å². The number of carbonyl (C=O) groups is 1. The topological polar surface area (TPSA) is 34.9 Å². The monoisotopic (exact) mass is 274 g/mol. The minimum Gasteiger partial charge on any atom is -0.286 e. The van der Waals surface area contributed by atoms with Gasteiger partial charge >= 0.3 is 0 Å². The minimum absolute atomic E-state index is 0.0686. The number of fused-ring (bicyclic) bond motifs is 1. The maximum absolute atomic E-state index is 13.1. The zero-order valence-electron chi connectivity index (χ0n) is 10.3. The number of benzene rings is 1. The van der Waals surface area contributed by atoms with Crippen molar-refractivity contribution in [3.05, 3.63) is 52.9 Å². The summed E-state index contributed by atoms with van der Waals surface area (Å²) in [6, 6.07) is 8.05. The van der Waals surface area contributed by atoms with Crippen LogP contribution in [0.3, 0.4) is 0 Å². The highest BCUT2D eigenvalue weighted by molar-refractivity contribution is 7.21. The smallest absolute Gasteiger partial charge is 0.220 e. The second kappa shape index (κ2) is 4.59. The van der Waals surface area contributed by atoms with Crippen LogP contribution in [0, 0.1) is 5.82 Å². The summed E-state index contributed by atoms with van der Waals surface area (Å²) in [7, 11) is 0. The molecule has 2 heterocycles. The van der Waals surface area contributed by atoms with Crippen LogP contribution in [0.4, 0.5) is 4.39 Å². The summed E-state index contributed by atoms with van der Waals surface area (Å²) in [5.74, 6) is -0.354. The van der Waals surface area contributed by atoms with Gasteiger partial charge < -0.3 is 0 Å². The van der Waals surface area contributed by atoms with Crippen LogP contribution in [-0.4, -0.2) is 15.6 Å². The molecule has 0 saturated heterocycles. The number of nitrogens with zero attached hydrogens (tertiary/aromatic N) is 2. The lowest BCUT2D eigenvalue weighted by Gasteiger charge is -2.01. The molecule has 3 rings (SSSR count). The zero-order valence-corrected chi connectivity index (χ0v) is 11.1. The van der Waals surface area contributed by atoms with Crippen LogP contribution in [0.25, 0.3) is 10.1 Å². The van der Waals surface area contributed by atoms with Crippen LogP contribution in [0.5, 0.6) is 0 Å². The first kappa shape index (κ1) is 12.0. The largest absolute Gasteiger partial charge is 0.286 e. The van der Waals surface area contributed by atoms with E-state index in [0.717, 1.165) is 10.1 Å². The van der Waals surface area contributed by atoms with Crippen LogP contribution in [0.2, 0.25) is 0 Å². The second-order valence-corrected chi connectivity index (χ2v) is 5.24. The van der Waals surface area contributed by atoms with Crippen LogP contribution in [0.1, 0.15) is 22.3 Å². The van der Waals surface area contributed by atoms with Crippen molar-refractivity contribution in [1.29, 1.82) is 0 Å². The molecule has 0 spiro atoms. The molecule has 0 amide bonds. The Labute approximate surface area is 113 Å². The quantitative estimate of drug-likeness (QED) is 0.685. The summed E-state index contributed by atoms with van der Waals surface area (Å²) >= 11 is 1.31. The standard InChI is InChI=1S/C14H11FN2OS/c1-2-17-11(5-6-16-17)14(18)13-7-9-3-4-10(15)8-12(9)19-13/h3-8H,2H2,1H3. The molecular weight excluding hydrogens is 263 g/mol. The van der Waals surface area contributed by atoms with E-state index in [-0.39, 0.29) is 11.6 Å². The summed E-state index contributed by atoms with van der Waals surface area (Å²) in [4.78, 5) is 13.0. The van der Waals surface area contributed by atoms with Gasteiger partial charge in [0.2, 0.25) is 5.78 Å². The van der Waals surface area contributed by atoms with E-state index >= 15 is 0 Å². The summed E-state index contributed by atoms with van der Waals surface area (Å²) in [5.41, 5.74) is 0.564. The Balaban J connectivity index is 2.07. The molecule has 0 unspecified atom stereocenters. The molecule has 0 saturated carbocycles. The van der Waals surface area contributed by atoms with Crippen molar-refractivity contribution in [2.75, 3.05) is 0 Å². The maximum atomic E-state index is 13.1. The van der Waals surface area contributed by atoms with Gasteiger partial charge in [0.05, 0.1) is 4.88 Å². The Morgan fingerprint density at radius 2 is 2.21 bits per heavy atom. The van der Waals surface area contributed by atoms with Gasteiger partial charge in [-0.25, -0.2) is 4.39 Å². The lowest BCUT2D eigenvalue weighted by atomic mass is 10.2. The van der Waals surface area contributed by atoms with Crippen molar-refractivity contribution in [3.8, 4) is 0 Å². The van der Waals surface area contributed by atoms with Crippen LogP contribution in [-0.2, 0) is 6.54 Å². The molecule has 3 aromatic rings. The van der Waals surface area contributed by atoms with Gasteiger partial charge in [0, 0.05) is 17.4 Å². The number of halogens is 1. The van der Waals surface area contributed by atoms with Gasteiger partial charge in [0.1, 0.15) is 11.5 Å². The fraction of sp³-hybridized carbons (Fsp3) is 0.143. The van der Waals surface area contributed by atoms with E-state index in [9.17, 15) is 9.18 Å². The average molecular weight is 274 g/mol. The van der Waals surface area contributed by atoms with Crippen LogP contribution >= 0.6 is 11.3 Å². The fourth-order valence-corrected chi connectivity index (χ4v) is 3.06. The normalized spacial score (nSPS) is 11.1. The van der Waals surface area contributed by atoms with Gasteiger partial charge in [-0.1, -0.05) is 6.07 Å². The molecule has 2 aromatic heterocycles. The Morgan fingerprint density at radius 1 is 1.37 bits per heavy atom. The van der Waals surface area contributed by atoms with Gasteiger partial charge in [-0.15, -0.1) is 11.3 Å². The van der Waals surface area contributed by atoms with E-state index in [0.29, 0.717) is 17.1 Å². The number of hydrogen-bond acceptors (Lipinski definition) is 3. The Morgan fingerprint density at radius 3 is 3.00 bits per heavy atom. The van der Waals surface area contributed by atoms with Crippen molar-refractivity contribution in [1.82, 2.24) is 9.78 Å². The van der Waals surface area contributed by atoms with E-state index in [1.807, 2.05) is 6.92 Å². The Hall–Kier alpha value is -2.01. The Kier molecular flexibility index (Phi) is 2.91. The highest BCUT2D eigenvalue weighted by Gasteiger charge is 2.16. The summed E-state index contributed by atoms with van der Waals surface area (Å²) in [5, 5.41) is 4.98. The Bertz CT molecular complexity index is 760. The molecule has 0 fully saturated rings. The lowest BCUT2D eigenvalue weighted by Crippen LogP contribution is -2.09. The van der Waals surface area contributed by atoms with Crippen molar-refractivity contribution in [3.63, 3.8) is 0 Å². The average Bonchev–Trinajstić information content (AvgIpc) is 3.03. The van der Waals surface area contributed by atoms with E-state index < -0.39 is 0 Å². The molecule has 0 radical (unpaired) electrons. The molecule has 19 heavy (non-hydrogen) atoms. The first-order valence-electron chi connectivity index (χ1n) is 5.94. The first-order valence-corrected chi connectivity index (χ1v) is 6.76. The summed E-state index contributed by atoms with van der Waals surface area (Å²) < 4.78 is 15.6. The number of hydrogen-bond donors (Lipinski definition) is 0. The molecule has 0 N–H and O–H groups in total. The SMILES string of the molecule is CCn1nccc1C(=O)c1cc2ccc(F)cc2s1. The minimum atomic E-state index is -0.285. The van der Waals surface area contributed by atoms with Crippen LogP contribution < -0.4 is 0 Å². The van der Waals surface area contributed by atoms with Crippen molar-refractivity contribution in [2.24, 2.45) is 0 Å². The predicted octanol–water partition coefficient (Wildman–Crippen LogP) is 3.49. The molecular formula is C14H11FN2OS. The summed E-state index contributed by atoms with van der Waals surface area (Å²) in [6.45, 7) is 2.58. The van der Waals surface area contributed by atoms with Gasteiger partial charge in [-0.2, -0.15) is 5.10 Å². The van der Waals surface area contributed by atoms with E-state index in [4.69, 9.17) is 0 Å². The van der Waals surface area contributed by atoms with Crippen molar-refractivity contribution in [2.45, 2.75) is 13.5 Å². The van der Waals surface area contributed by atoms with Gasteiger partial charge in [0.15, 0.2) is 0 Å². The molecule has 0 bridgehead atoms. The molecule has 1 aromatic carbocycles. The summed E-state index contributed by atoms with van der Waals surface area (Å²) in [6.07, 6.45) is 1.61. The third kappa shape index (κ3) is 2.06. The molecule has 96 valence electrons. The molecule has 0 aliphatic heterocycles. The fourth-order valence-electron chi connectivity index (χ4n) is 2.02. The highest BCUT2D eigenvalue weighted by atomic mass is 32.1. The molecule has 5 heteroatoms. The third-order valence-corrected chi connectivity index (χ3v) is 4.05. The lowest BCUT2D eigenvalue weighted by molar-refractivity contribution is 0.103. The second-order valence-electron chi connectivity index (χ2n) is 4.15. The van der Waals surface area contributed by atoms with Gasteiger partial charge in [-0.3, -0.25) is 9.48 Å².